The Bertz CT molecular complexity index is 872. The number of carbonyl (C=O) groups excluding carboxylic acids is 1. The van der Waals surface area contributed by atoms with Gasteiger partial charge in [0.15, 0.2) is 11.6 Å². The first-order valence-corrected chi connectivity index (χ1v) is 8.96. The van der Waals surface area contributed by atoms with Gasteiger partial charge < -0.3 is 4.74 Å². The first kappa shape index (κ1) is 22.1. The molecule has 0 saturated heterocycles. The number of aromatic nitrogens is 1. The number of ether oxygens (including phenoxy) is 1. The molecule has 1 aromatic heterocycles. The Morgan fingerprint density at radius 1 is 1.21 bits per heavy atom. The van der Waals surface area contributed by atoms with Gasteiger partial charge in [-0.3, -0.25) is 0 Å². The van der Waals surface area contributed by atoms with Crippen LogP contribution in [0.5, 0.6) is 0 Å². The fraction of sp³-hybridized carbons (Fsp3) is 0.333. The molecule has 0 fully saturated rings. The van der Waals surface area contributed by atoms with Crippen molar-refractivity contribution in [3.8, 4) is 0 Å². The van der Waals surface area contributed by atoms with Crippen LogP contribution in [0.3, 0.4) is 0 Å². The van der Waals surface area contributed by atoms with Gasteiger partial charge in [0.1, 0.15) is 11.5 Å². The van der Waals surface area contributed by atoms with Crippen molar-refractivity contribution in [3.63, 3.8) is 0 Å². The van der Waals surface area contributed by atoms with Crippen molar-refractivity contribution >= 4 is 17.7 Å². The number of nitrogens with zero attached hydrogens (tertiary/aromatic N) is 1. The second-order valence-electron chi connectivity index (χ2n) is 5.79. The molecular weight excluding hydrogens is 408 g/mol. The van der Waals surface area contributed by atoms with Gasteiger partial charge in [0.2, 0.25) is 0 Å². The average molecular weight is 423 g/mol. The van der Waals surface area contributed by atoms with Crippen LogP contribution >= 0.6 is 11.8 Å². The van der Waals surface area contributed by atoms with Gasteiger partial charge in [0.05, 0.1) is 18.8 Å². The Kier molecular flexibility index (Phi) is 6.97. The minimum Gasteiger partial charge on any atom is -0.464 e. The van der Waals surface area contributed by atoms with Gasteiger partial charge >= 0.3 is 12.1 Å². The van der Waals surface area contributed by atoms with Crippen LogP contribution in [0, 0.1) is 24.4 Å². The number of benzene rings is 1. The van der Waals surface area contributed by atoms with E-state index >= 15 is 0 Å². The molecule has 0 spiro atoms. The van der Waals surface area contributed by atoms with E-state index in [1.807, 2.05) is 0 Å². The topological polar surface area (TPSA) is 39.2 Å². The van der Waals surface area contributed by atoms with Crippen LogP contribution in [-0.4, -0.2) is 30.0 Å². The summed E-state index contributed by atoms with van der Waals surface area (Å²) in [5, 5.41) is -1.29. The van der Waals surface area contributed by atoms with E-state index in [4.69, 9.17) is 0 Å². The first-order chi connectivity index (χ1) is 13.0. The Labute approximate surface area is 161 Å². The van der Waals surface area contributed by atoms with Crippen molar-refractivity contribution < 1.29 is 35.9 Å². The smallest absolute Gasteiger partial charge is 0.389 e. The molecule has 0 N–H and O–H groups in total. The highest BCUT2D eigenvalue weighted by Gasteiger charge is 2.31. The maximum Gasteiger partial charge on any atom is 0.389 e. The third-order valence-corrected chi connectivity index (χ3v) is 5.10. The van der Waals surface area contributed by atoms with Gasteiger partial charge in [0, 0.05) is 17.5 Å². The normalized spacial score (nSPS) is 12.7. The predicted molar refractivity (Wildman–Crippen MR) is 91.6 cm³/mol. The quantitative estimate of drug-likeness (QED) is 0.356. The van der Waals surface area contributed by atoms with E-state index in [1.165, 1.54) is 13.0 Å². The molecule has 0 saturated carbocycles. The van der Waals surface area contributed by atoms with Crippen LogP contribution in [0.2, 0.25) is 0 Å². The number of alkyl halides is 3. The number of aryl methyl sites for hydroxylation is 1. The van der Waals surface area contributed by atoms with E-state index in [2.05, 4.69) is 9.72 Å². The number of esters is 1. The summed E-state index contributed by atoms with van der Waals surface area (Å²) in [7, 11) is 1.14. The summed E-state index contributed by atoms with van der Waals surface area (Å²) < 4.78 is 84.3. The summed E-state index contributed by atoms with van der Waals surface area (Å²) in [6.45, 7) is 1.50. The Balaban J connectivity index is 2.51. The number of hydrogen-bond acceptors (Lipinski definition) is 4. The van der Waals surface area contributed by atoms with E-state index in [0.717, 1.165) is 13.3 Å². The lowest BCUT2D eigenvalue weighted by Crippen LogP contribution is -2.13. The Morgan fingerprint density at radius 2 is 1.86 bits per heavy atom. The lowest BCUT2D eigenvalue weighted by molar-refractivity contribution is -0.129. The molecular formula is C18H15F6NO2S. The average Bonchev–Trinajstić information content (AvgIpc) is 2.62. The molecule has 1 aromatic carbocycles. The number of carbonyl (C=O) groups is 1. The second kappa shape index (κ2) is 8.85. The largest absolute Gasteiger partial charge is 0.464 e. The third-order valence-electron chi connectivity index (χ3n) is 3.84. The predicted octanol–water partition coefficient (Wildman–Crippen LogP) is 5.37. The first-order valence-electron chi connectivity index (χ1n) is 7.91. The highest BCUT2D eigenvalue weighted by Crippen LogP contribution is 2.41. The zero-order chi connectivity index (χ0) is 21.1. The molecule has 1 atom stereocenters. The second-order valence-corrected chi connectivity index (χ2v) is 7.00. The van der Waals surface area contributed by atoms with Crippen molar-refractivity contribution in [2.24, 2.45) is 0 Å². The molecule has 3 nitrogen and oxygen atoms in total. The van der Waals surface area contributed by atoms with Crippen molar-refractivity contribution in [1.82, 2.24) is 4.98 Å². The van der Waals surface area contributed by atoms with Crippen molar-refractivity contribution in [2.45, 2.75) is 24.8 Å². The van der Waals surface area contributed by atoms with Crippen LogP contribution in [0.25, 0.3) is 0 Å². The molecule has 0 aliphatic rings. The zero-order valence-corrected chi connectivity index (χ0v) is 15.6. The lowest BCUT2D eigenvalue weighted by Gasteiger charge is -2.21. The fourth-order valence-corrected chi connectivity index (χ4v) is 3.86. The molecule has 152 valence electrons. The maximum absolute atomic E-state index is 14.3. The summed E-state index contributed by atoms with van der Waals surface area (Å²) in [6, 6.07) is 2.58. The Hall–Kier alpha value is -2.23. The minimum absolute atomic E-state index is 0.0806. The van der Waals surface area contributed by atoms with Crippen molar-refractivity contribution in [2.75, 3.05) is 12.9 Å². The van der Waals surface area contributed by atoms with Crippen LogP contribution in [-0.2, 0) is 4.74 Å². The number of pyridine rings is 1. The van der Waals surface area contributed by atoms with Crippen molar-refractivity contribution in [3.05, 3.63) is 64.2 Å². The number of hydrogen-bond donors (Lipinski definition) is 0. The van der Waals surface area contributed by atoms with Gasteiger partial charge in [-0.1, -0.05) is 0 Å². The molecule has 0 bridgehead atoms. The molecule has 0 radical (unpaired) electrons. The summed E-state index contributed by atoms with van der Waals surface area (Å²) >= 11 is 0.603. The van der Waals surface area contributed by atoms with Crippen LogP contribution < -0.4 is 0 Å². The van der Waals surface area contributed by atoms with Gasteiger partial charge in [-0.05, 0) is 36.2 Å². The molecule has 1 heterocycles. The molecule has 2 rings (SSSR count). The third kappa shape index (κ3) is 5.18. The number of thioether (sulfide) groups is 1. The van der Waals surface area contributed by atoms with E-state index in [0.29, 0.717) is 29.5 Å². The van der Waals surface area contributed by atoms with Gasteiger partial charge in [-0.15, -0.1) is 11.8 Å². The minimum atomic E-state index is -4.46. The standard InChI is InChI=1S/C18H15F6NO2S/c1-9-7-13(17(26)27-2)25-8-10(9)16(28-6-5-18(22,23)24)14-11(19)3-4-12(20)15(14)21/h3-4,7-8,16H,5-6H2,1-2H3. The van der Waals surface area contributed by atoms with E-state index in [9.17, 15) is 31.1 Å². The molecule has 0 aliphatic heterocycles. The molecule has 0 aliphatic carbocycles. The number of halogens is 6. The molecule has 1 unspecified atom stereocenters. The lowest BCUT2D eigenvalue weighted by atomic mass is 10.00. The summed E-state index contributed by atoms with van der Waals surface area (Å²) in [4.78, 5) is 15.4. The molecule has 10 heteroatoms. The SMILES string of the molecule is COC(=O)c1cc(C)c(C(SCCC(F)(F)F)c2c(F)ccc(F)c2F)cn1. The van der Waals surface area contributed by atoms with E-state index in [-0.39, 0.29) is 11.3 Å². The summed E-state index contributed by atoms with van der Waals surface area (Å²) in [5.74, 6) is -5.17. The van der Waals surface area contributed by atoms with Crippen LogP contribution in [0.4, 0.5) is 26.3 Å². The number of rotatable bonds is 6. The zero-order valence-electron chi connectivity index (χ0n) is 14.7. The highest BCUT2D eigenvalue weighted by atomic mass is 32.2. The van der Waals surface area contributed by atoms with Crippen LogP contribution in [0.15, 0.2) is 24.4 Å². The maximum atomic E-state index is 14.3. The molecule has 28 heavy (non-hydrogen) atoms. The summed E-state index contributed by atoms with van der Waals surface area (Å²) in [5.41, 5.74) is -0.294. The number of methoxy groups -OCH3 is 1. The van der Waals surface area contributed by atoms with Gasteiger partial charge in [-0.2, -0.15) is 13.2 Å². The molecule has 0 amide bonds. The van der Waals surface area contributed by atoms with Gasteiger partial charge in [-0.25, -0.2) is 22.9 Å². The van der Waals surface area contributed by atoms with E-state index < -0.39 is 52.6 Å². The summed E-state index contributed by atoms with van der Waals surface area (Å²) in [6.07, 6.45) is -4.53. The monoisotopic (exact) mass is 423 g/mol. The fourth-order valence-electron chi connectivity index (χ4n) is 2.46. The van der Waals surface area contributed by atoms with Gasteiger partial charge in [0.25, 0.3) is 0 Å². The Morgan fingerprint density at radius 3 is 2.43 bits per heavy atom. The molecule has 2 aromatic rings. The van der Waals surface area contributed by atoms with Crippen molar-refractivity contribution in [1.29, 1.82) is 0 Å². The van der Waals surface area contributed by atoms with Crippen LogP contribution in [0.1, 0.15) is 38.8 Å². The van der Waals surface area contributed by atoms with E-state index in [1.54, 1.807) is 0 Å². The highest BCUT2D eigenvalue weighted by molar-refractivity contribution is 7.99.